The Labute approximate surface area is 178 Å². The van der Waals surface area contributed by atoms with Crippen LogP contribution in [0.2, 0.25) is 0 Å². The molecule has 1 heterocycles. The van der Waals surface area contributed by atoms with Crippen LogP contribution < -0.4 is 14.8 Å². The van der Waals surface area contributed by atoms with Gasteiger partial charge in [-0.25, -0.2) is 8.42 Å². The fraction of sp³-hybridized carbons (Fsp3) is 0.409. The van der Waals surface area contributed by atoms with Crippen LogP contribution >= 0.6 is 0 Å². The molecule has 7 nitrogen and oxygen atoms in total. The molecular weight excluding hydrogens is 404 g/mol. The Morgan fingerprint density at radius 2 is 1.70 bits per heavy atom. The minimum Gasteiger partial charge on any atom is -0.486 e. The number of sulfonamides is 1. The topological polar surface area (TPSA) is 84.9 Å². The van der Waals surface area contributed by atoms with E-state index in [2.05, 4.69) is 5.32 Å². The molecule has 0 unspecified atom stereocenters. The highest BCUT2D eigenvalue weighted by molar-refractivity contribution is 7.89. The highest BCUT2D eigenvalue weighted by Crippen LogP contribution is 2.33. The number of hydrogen-bond acceptors (Lipinski definition) is 5. The predicted octanol–water partition coefficient (Wildman–Crippen LogP) is 2.81. The van der Waals surface area contributed by atoms with Crippen molar-refractivity contribution in [3.63, 3.8) is 0 Å². The maximum absolute atomic E-state index is 13.4. The number of hydrogen-bond donors (Lipinski definition) is 1. The van der Waals surface area contributed by atoms with E-state index in [-0.39, 0.29) is 35.9 Å². The molecule has 2 aromatic rings. The lowest BCUT2D eigenvalue weighted by Gasteiger charge is -2.25. The van der Waals surface area contributed by atoms with Crippen LogP contribution in [-0.2, 0) is 21.4 Å². The van der Waals surface area contributed by atoms with Gasteiger partial charge in [0.1, 0.15) is 13.2 Å². The minimum absolute atomic E-state index is 0.0620. The molecule has 30 heavy (non-hydrogen) atoms. The molecule has 0 saturated carbocycles. The van der Waals surface area contributed by atoms with Gasteiger partial charge in [0.15, 0.2) is 11.5 Å². The van der Waals surface area contributed by atoms with Crippen LogP contribution in [0, 0.1) is 5.92 Å². The number of fused-ring (bicyclic) bond motifs is 1. The lowest BCUT2D eigenvalue weighted by molar-refractivity contribution is -0.122. The highest BCUT2D eigenvalue weighted by atomic mass is 32.2. The Hall–Kier alpha value is -2.58. The van der Waals surface area contributed by atoms with E-state index in [1.54, 1.807) is 6.07 Å². The summed E-state index contributed by atoms with van der Waals surface area (Å²) in [5, 5.41) is 2.88. The molecule has 0 fully saturated rings. The van der Waals surface area contributed by atoms with Crippen molar-refractivity contribution in [1.82, 2.24) is 9.62 Å². The number of amides is 1. The van der Waals surface area contributed by atoms with Crippen LogP contribution in [0.1, 0.15) is 26.3 Å². The molecule has 1 aliphatic heterocycles. The Bertz CT molecular complexity index is 976. The van der Waals surface area contributed by atoms with Crippen molar-refractivity contribution in [3.05, 3.63) is 54.1 Å². The van der Waals surface area contributed by atoms with E-state index in [1.165, 1.54) is 16.4 Å². The molecule has 1 aliphatic rings. The van der Waals surface area contributed by atoms with Crippen molar-refractivity contribution >= 4 is 15.9 Å². The van der Waals surface area contributed by atoms with Crippen molar-refractivity contribution in [3.8, 4) is 11.5 Å². The first-order valence-corrected chi connectivity index (χ1v) is 11.4. The summed E-state index contributed by atoms with van der Waals surface area (Å²) >= 11 is 0. The SMILES string of the molecule is CC(C)[C@@H](C)NC(=O)CN(Cc1ccccc1)S(=O)(=O)c1ccc2c(c1)OCCO2. The molecule has 0 bridgehead atoms. The van der Waals surface area contributed by atoms with Gasteiger partial charge in [-0.2, -0.15) is 4.31 Å². The first-order chi connectivity index (χ1) is 14.3. The predicted molar refractivity (Wildman–Crippen MR) is 114 cm³/mol. The second-order valence-corrected chi connectivity index (χ2v) is 9.60. The Morgan fingerprint density at radius 1 is 1.03 bits per heavy atom. The van der Waals surface area contributed by atoms with E-state index < -0.39 is 10.0 Å². The summed E-state index contributed by atoms with van der Waals surface area (Å²) in [6.45, 7) is 6.49. The third-order valence-electron chi connectivity index (χ3n) is 5.06. The minimum atomic E-state index is -3.95. The van der Waals surface area contributed by atoms with Crippen LogP contribution in [0.3, 0.4) is 0 Å². The molecule has 1 N–H and O–H groups in total. The summed E-state index contributed by atoms with van der Waals surface area (Å²) in [6.07, 6.45) is 0. The fourth-order valence-corrected chi connectivity index (χ4v) is 4.37. The van der Waals surface area contributed by atoms with Crippen molar-refractivity contribution < 1.29 is 22.7 Å². The Balaban J connectivity index is 1.88. The first-order valence-electron chi connectivity index (χ1n) is 10.0. The standard InChI is InChI=1S/C22H28N2O5S/c1-16(2)17(3)23-22(25)15-24(14-18-7-5-4-6-8-18)30(26,27)19-9-10-20-21(13-19)29-12-11-28-20/h4-10,13,16-17H,11-12,14-15H2,1-3H3,(H,23,25)/t17-/m1/s1. The van der Waals surface area contributed by atoms with Crippen LogP contribution in [0.4, 0.5) is 0 Å². The van der Waals surface area contributed by atoms with Crippen molar-refractivity contribution in [1.29, 1.82) is 0 Å². The summed E-state index contributed by atoms with van der Waals surface area (Å²) in [4.78, 5) is 12.7. The summed E-state index contributed by atoms with van der Waals surface area (Å²) < 4.78 is 39.1. The van der Waals surface area contributed by atoms with Gasteiger partial charge in [-0.05, 0) is 30.5 Å². The summed E-state index contributed by atoms with van der Waals surface area (Å²) in [6, 6.07) is 13.7. The number of carbonyl (C=O) groups excluding carboxylic acids is 1. The number of rotatable bonds is 8. The van der Waals surface area contributed by atoms with Gasteiger partial charge in [0.25, 0.3) is 0 Å². The molecule has 0 saturated heterocycles. The lowest BCUT2D eigenvalue weighted by atomic mass is 10.1. The number of benzene rings is 2. The van der Waals surface area contributed by atoms with E-state index in [0.29, 0.717) is 24.7 Å². The molecule has 0 aromatic heterocycles. The average Bonchev–Trinajstić information content (AvgIpc) is 2.73. The van der Waals surface area contributed by atoms with Crippen LogP contribution in [-0.4, -0.2) is 44.4 Å². The number of carbonyl (C=O) groups is 1. The van der Waals surface area contributed by atoms with Crippen LogP contribution in [0.15, 0.2) is 53.4 Å². The lowest BCUT2D eigenvalue weighted by Crippen LogP contribution is -2.44. The molecule has 1 atom stereocenters. The van der Waals surface area contributed by atoms with Gasteiger partial charge in [-0.1, -0.05) is 44.2 Å². The van der Waals surface area contributed by atoms with Crippen molar-refractivity contribution in [2.75, 3.05) is 19.8 Å². The zero-order valence-electron chi connectivity index (χ0n) is 17.5. The highest BCUT2D eigenvalue weighted by Gasteiger charge is 2.29. The zero-order valence-corrected chi connectivity index (χ0v) is 18.3. The number of nitrogens with one attached hydrogen (secondary N) is 1. The molecule has 0 spiro atoms. The molecule has 1 amide bonds. The quantitative estimate of drug-likeness (QED) is 0.693. The molecule has 8 heteroatoms. The molecule has 0 aliphatic carbocycles. The van der Waals surface area contributed by atoms with Gasteiger partial charge in [-0.15, -0.1) is 0 Å². The summed E-state index contributed by atoms with van der Waals surface area (Å²) in [5.74, 6) is 0.803. The smallest absolute Gasteiger partial charge is 0.243 e. The van der Waals surface area contributed by atoms with Gasteiger partial charge < -0.3 is 14.8 Å². The molecule has 0 radical (unpaired) electrons. The third-order valence-corrected chi connectivity index (χ3v) is 6.85. The van der Waals surface area contributed by atoms with E-state index in [4.69, 9.17) is 9.47 Å². The van der Waals surface area contributed by atoms with E-state index >= 15 is 0 Å². The van der Waals surface area contributed by atoms with E-state index in [1.807, 2.05) is 51.1 Å². The second-order valence-electron chi connectivity index (χ2n) is 7.66. The largest absolute Gasteiger partial charge is 0.486 e. The number of nitrogens with zero attached hydrogens (tertiary/aromatic N) is 1. The second kappa shape index (κ2) is 9.49. The Kier molecular flexibility index (Phi) is 6.99. The van der Waals surface area contributed by atoms with Crippen molar-refractivity contribution in [2.24, 2.45) is 5.92 Å². The van der Waals surface area contributed by atoms with Crippen LogP contribution in [0.5, 0.6) is 11.5 Å². The molecular formula is C22H28N2O5S. The van der Waals surface area contributed by atoms with E-state index in [9.17, 15) is 13.2 Å². The molecule has 3 rings (SSSR count). The monoisotopic (exact) mass is 432 g/mol. The van der Waals surface area contributed by atoms with Gasteiger partial charge in [0.2, 0.25) is 15.9 Å². The third kappa shape index (κ3) is 5.31. The first kappa shape index (κ1) is 22.1. The normalized spacial score (nSPS) is 14.6. The van der Waals surface area contributed by atoms with Crippen molar-refractivity contribution in [2.45, 2.75) is 38.3 Å². The van der Waals surface area contributed by atoms with Gasteiger partial charge >= 0.3 is 0 Å². The zero-order chi connectivity index (χ0) is 21.7. The van der Waals surface area contributed by atoms with Gasteiger partial charge in [0.05, 0.1) is 11.4 Å². The van der Waals surface area contributed by atoms with Gasteiger partial charge in [0, 0.05) is 18.7 Å². The summed E-state index contributed by atoms with van der Waals surface area (Å²) in [7, 11) is -3.95. The van der Waals surface area contributed by atoms with Gasteiger partial charge in [-0.3, -0.25) is 4.79 Å². The van der Waals surface area contributed by atoms with E-state index in [0.717, 1.165) is 5.56 Å². The Morgan fingerprint density at radius 3 is 2.37 bits per heavy atom. The average molecular weight is 433 g/mol. The summed E-state index contributed by atoms with van der Waals surface area (Å²) in [5.41, 5.74) is 0.795. The maximum Gasteiger partial charge on any atom is 0.243 e. The van der Waals surface area contributed by atoms with Crippen LogP contribution in [0.25, 0.3) is 0 Å². The number of ether oxygens (including phenoxy) is 2. The maximum atomic E-state index is 13.4. The molecule has 2 aromatic carbocycles. The molecule has 162 valence electrons. The fourth-order valence-electron chi connectivity index (χ4n) is 2.97.